The number of carboxylic acid groups (broad SMARTS) is 1. The van der Waals surface area contributed by atoms with Gasteiger partial charge in [-0.25, -0.2) is 14.0 Å². The topological polar surface area (TPSA) is 105 Å². The predicted octanol–water partition coefficient (Wildman–Crippen LogP) is 1.60. The van der Waals surface area contributed by atoms with Gasteiger partial charge in [-0.15, -0.1) is 0 Å². The Bertz CT molecular complexity index is 547. The molecule has 0 heterocycles. The Labute approximate surface area is 120 Å². The number of aromatic carboxylic acids is 1. The van der Waals surface area contributed by atoms with E-state index in [2.05, 4.69) is 15.4 Å². The zero-order valence-corrected chi connectivity index (χ0v) is 11.3. The number of ether oxygens (including phenoxy) is 1. The first kappa shape index (κ1) is 16.4. The van der Waals surface area contributed by atoms with Crippen molar-refractivity contribution >= 4 is 23.7 Å². The van der Waals surface area contributed by atoms with Crippen LogP contribution in [-0.4, -0.2) is 36.2 Å². The van der Waals surface area contributed by atoms with Crippen molar-refractivity contribution in [2.24, 2.45) is 0 Å². The summed E-state index contributed by atoms with van der Waals surface area (Å²) < 4.78 is 18.1. The molecule has 0 saturated carbocycles. The molecule has 0 aromatic heterocycles. The fourth-order valence-corrected chi connectivity index (χ4v) is 1.45. The van der Waals surface area contributed by atoms with Crippen LogP contribution in [-0.2, 0) is 9.53 Å². The van der Waals surface area contributed by atoms with Crippen LogP contribution in [0.15, 0.2) is 18.2 Å². The molecule has 1 aromatic rings. The lowest BCUT2D eigenvalue weighted by Gasteiger charge is -2.08. The van der Waals surface area contributed by atoms with Gasteiger partial charge in [-0.2, -0.15) is 0 Å². The van der Waals surface area contributed by atoms with Gasteiger partial charge in [0, 0.05) is 12.2 Å². The van der Waals surface area contributed by atoms with Gasteiger partial charge in [0.1, 0.15) is 5.82 Å². The van der Waals surface area contributed by atoms with Crippen molar-refractivity contribution in [3.05, 3.63) is 29.6 Å². The average molecular weight is 298 g/mol. The quantitative estimate of drug-likeness (QED) is 0.692. The van der Waals surface area contributed by atoms with Crippen LogP contribution in [0, 0.1) is 5.82 Å². The maximum Gasteiger partial charge on any atom is 0.338 e. The van der Waals surface area contributed by atoms with E-state index in [1.165, 1.54) is 6.07 Å². The summed E-state index contributed by atoms with van der Waals surface area (Å²) in [5.74, 6) is -2.78. The van der Waals surface area contributed by atoms with E-state index in [0.29, 0.717) is 0 Å². The second kappa shape index (κ2) is 7.83. The van der Waals surface area contributed by atoms with Crippen molar-refractivity contribution in [2.45, 2.75) is 13.3 Å². The van der Waals surface area contributed by atoms with Gasteiger partial charge in [0.05, 0.1) is 18.6 Å². The predicted molar refractivity (Wildman–Crippen MR) is 71.6 cm³/mol. The lowest BCUT2D eigenvalue weighted by atomic mass is 10.2. The highest BCUT2D eigenvalue weighted by Gasteiger charge is 2.11. The van der Waals surface area contributed by atoms with E-state index in [1.54, 1.807) is 6.92 Å². The van der Waals surface area contributed by atoms with E-state index in [-0.39, 0.29) is 25.3 Å². The number of hydrogen-bond acceptors (Lipinski definition) is 4. The van der Waals surface area contributed by atoms with E-state index in [0.717, 1.165) is 12.1 Å². The normalized spacial score (nSPS) is 9.81. The largest absolute Gasteiger partial charge is 0.478 e. The van der Waals surface area contributed by atoms with Gasteiger partial charge < -0.3 is 20.5 Å². The molecule has 0 aliphatic rings. The van der Waals surface area contributed by atoms with Crippen molar-refractivity contribution < 1.29 is 28.6 Å². The monoisotopic (exact) mass is 298 g/mol. The number of amides is 2. The maximum absolute atomic E-state index is 13.4. The molecule has 1 aromatic carbocycles. The molecule has 0 unspecified atom stereocenters. The summed E-state index contributed by atoms with van der Waals surface area (Å²) in [6.45, 7) is 2.01. The van der Waals surface area contributed by atoms with Crippen molar-refractivity contribution in [2.75, 3.05) is 18.5 Å². The molecule has 0 radical (unpaired) electrons. The van der Waals surface area contributed by atoms with Crippen LogP contribution in [0.4, 0.5) is 14.9 Å². The zero-order valence-electron chi connectivity index (χ0n) is 11.3. The third-order valence-electron chi connectivity index (χ3n) is 2.38. The third-order valence-corrected chi connectivity index (χ3v) is 2.38. The number of carbonyl (C=O) groups is 3. The average Bonchev–Trinajstić information content (AvgIpc) is 2.38. The maximum atomic E-state index is 13.4. The molecule has 0 spiro atoms. The second-order valence-corrected chi connectivity index (χ2v) is 3.94. The highest BCUT2D eigenvalue weighted by molar-refractivity contribution is 5.91. The molecule has 0 aliphatic carbocycles. The molecule has 0 fully saturated rings. The molecule has 21 heavy (non-hydrogen) atoms. The number of carboxylic acids is 1. The van der Waals surface area contributed by atoms with Crippen LogP contribution in [0.5, 0.6) is 0 Å². The van der Waals surface area contributed by atoms with Crippen LogP contribution in [0.2, 0.25) is 0 Å². The first-order chi connectivity index (χ1) is 9.93. The lowest BCUT2D eigenvalue weighted by molar-refractivity contribution is -0.142. The van der Waals surface area contributed by atoms with Crippen molar-refractivity contribution in [1.82, 2.24) is 5.32 Å². The Morgan fingerprint density at radius 3 is 2.62 bits per heavy atom. The minimum atomic E-state index is -1.39. The van der Waals surface area contributed by atoms with E-state index < -0.39 is 29.4 Å². The van der Waals surface area contributed by atoms with Gasteiger partial charge in [0.25, 0.3) is 0 Å². The van der Waals surface area contributed by atoms with Crippen LogP contribution in [0.1, 0.15) is 23.7 Å². The van der Waals surface area contributed by atoms with Gasteiger partial charge in [0.2, 0.25) is 0 Å². The summed E-state index contributed by atoms with van der Waals surface area (Å²) in [6, 6.07) is 2.57. The molecule has 8 heteroatoms. The number of halogens is 1. The molecule has 0 aliphatic heterocycles. The van der Waals surface area contributed by atoms with Crippen molar-refractivity contribution in [1.29, 1.82) is 0 Å². The highest BCUT2D eigenvalue weighted by Crippen LogP contribution is 2.14. The Morgan fingerprint density at radius 2 is 2.05 bits per heavy atom. The van der Waals surface area contributed by atoms with Crippen LogP contribution >= 0.6 is 0 Å². The number of nitrogens with one attached hydrogen (secondary N) is 2. The number of hydrogen-bond donors (Lipinski definition) is 3. The zero-order chi connectivity index (χ0) is 15.8. The molecule has 1 rings (SSSR count). The van der Waals surface area contributed by atoms with Gasteiger partial charge >= 0.3 is 18.0 Å². The molecule has 3 N–H and O–H groups in total. The summed E-state index contributed by atoms with van der Waals surface area (Å²) in [5, 5.41) is 13.4. The summed E-state index contributed by atoms with van der Waals surface area (Å²) in [4.78, 5) is 33.1. The number of urea groups is 1. The van der Waals surface area contributed by atoms with E-state index in [1.807, 2.05) is 0 Å². The molecule has 7 nitrogen and oxygen atoms in total. The highest BCUT2D eigenvalue weighted by atomic mass is 19.1. The van der Waals surface area contributed by atoms with Crippen LogP contribution in [0.3, 0.4) is 0 Å². The SMILES string of the molecule is CCOC(=O)CCNC(=O)Nc1ccc(C(=O)O)c(F)c1. The van der Waals surface area contributed by atoms with E-state index in [9.17, 15) is 18.8 Å². The van der Waals surface area contributed by atoms with Gasteiger partial charge in [-0.05, 0) is 25.1 Å². The van der Waals surface area contributed by atoms with Crippen LogP contribution in [0.25, 0.3) is 0 Å². The Balaban J connectivity index is 2.46. The summed E-state index contributed by atoms with van der Waals surface area (Å²) in [5.41, 5.74) is -0.380. The van der Waals surface area contributed by atoms with Crippen molar-refractivity contribution in [3.63, 3.8) is 0 Å². The van der Waals surface area contributed by atoms with E-state index in [4.69, 9.17) is 5.11 Å². The summed E-state index contributed by atoms with van der Waals surface area (Å²) >= 11 is 0. The minimum Gasteiger partial charge on any atom is -0.478 e. The fraction of sp³-hybridized carbons (Fsp3) is 0.308. The second-order valence-electron chi connectivity index (χ2n) is 3.94. The van der Waals surface area contributed by atoms with Gasteiger partial charge in [0.15, 0.2) is 0 Å². The first-order valence-electron chi connectivity index (χ1n) is 6.17. The molecular weight excluding hydrogens is 283 g/mol. The molecule has 0 saturated heterocycles. The lowest BCUT2D eigenvalue weighted by Crippen LogP contribution is -2.31. The fourth-order valence-electron chi connectivity index (χ4n) is 1.45. The summed E-state index contributed by atoms with van der Waals surface area (Å²) in [6.07, 6.45) is 0.0214. The standard InChI is InChI=1S/C13H15FN2O5/c1-2-21-11(17)5-6-15-13(20)16-8-3-4-9(12(18)19)10(14)7-8/h3-4,7H,2,5-6H2,1H3,(H,18,19)(H2,15,16,20). The molecule has 0 atom stereocenters. The van der Waals surface area contributed by atoms with Crippen molar-refractivity contribution in [3.8, 4) is 0 Å². The van der Waals surface area contributed by atoms with Gasteiger partial charge in [-0.1, -0.05) is 0 Å². The Kier molecular flexibility index (Phi) is 6.12. The molecule has 2 amide bonds. The molecule has 0 bridgehead atoms. The number of carbonyl (C=O) groups excluding carboxylic acids is 2. The first-order valence-corrected chi connectivity index (χ1v) is 6.17. The Hall–Kier alpha value is -2.64. The number of esters is 1. The third kappa shape index (κ3) is 5.47. The van der Waals surface area contributed by atoms with Gasteiger partial charge in [-0.3, -0.25) is 4.79 Å². The van der Waals surface area contributed by atoms with Crippen LogP contribution < -0.4 is 10.6 Å². The smallest absolute Gasteiger partial charge is 0.338 e. The molecule has 114 valence electrons. The summed E-state index contributed by atoms with van der Waals surface area (Å²) in [7, 11) is 0. The number of benzene rings is 1. The van der Waals surface area contributed by atoms with E-state index >= 15 is 0 Å². The minimum absolute atomic E-state index is 0.0214. The molecular formula is C13H15FN2O5. The number of rotatable bonds is 6. The number of anilines is 1. The Morgan fingerprint density at radius 1 is 1.33 bits per heavy atom.